The highest BCUT2D eigenvalue weighted by atomic mass is 15.3. The highest BCUT2D eigenvalue weighted by molar-refractivity contribution is 5.30. The second kappa shape index (κ2) is 5.59. The second-order valence-corrected chi connectivity index (χ2v) is 4.32. The number of hydrogen-bond donors (Lipinski definition) is 1. The van der Waals surface area contributed by atoms with Crippen molar-refractivity contribution in [1.29, 1.82) is 0 Å². The third kappa shape index (κ3) is 2.84. The van der Waals surface area contributed by atoms with E-state index in [9.17, 15) is 0 Å². The molecular weight excluding hydrogens is 228 g/mol. The number of hydrogen-bond acceptors (Lipinski definition) is 5. The van der Waals surface area contributed by atoms with Gasteiger partial charge in [-0.15, -0.1) is 0 Å². The zero-order chi connectivity index (χ0) is 13.0. The minimum atomic E-state index is 0.705. The van der Waals surface area contributed by atoms with Gasteiger partial charge in [0.25, 0.3) is 0 Å². The van der Waals surface area contributed by atoms with Crippen LogP contribution in [0.4, 0.5) is 5.95 Å². The number of rotatable bonds is 5. The van der Waals surface area contributed by atoms with Gasteiger partial charge in [0.15, 0.2) is 0 Å². The summed E-state index contributed by atoms with van der Waals surface area (Å²) in [5.41, 5.74) is 2.08. The Kier molecular flexibility index (Phi) is 3.88. The molecule has 6 heteroatoms. The van der Waals surface area contributed by atoms with E-state index in [1.54, 1.807) is 6.20 Å². The van der Waals surface area contributed by atoms with E-state index >= 15 is 0 Å². The van der Waals surface area contributed by atoms with Crippen molar-refractivity contribution in [2.45, 2.75) is 13.1 Å². The molecule has 0 aliphatic heterocycles. The first-order valence-corrected chi connectivity index (χ1v) is 5.83. The van der Waals surface area contributed by atoms with Crippen LogP contribution >= 0.6 is 0 Å². The van der Waals surface area contributed by atoms with Crippen molar-refractivity contribution in [3.8, 4) is 0 Å². The first-order chi connectivity index (χ1) is 8.68. The molecule has 96 valence electrons. The van der Waals surface area contributed by atoms with Crippen LogP contribution in [0, 0.1) is 0 Å². The van der Waals surface area contributed by atoms with Crippen LogP contribution in [0.2, 0.25) is 0 Å². The summed E-state index contributed by atoms with van der Waals surface area (Å²) in [4.78, 5) is 6.35. The molecular formula is C12H18N6. The highest BCUT2D eigenvalue weighted by Gasteiger charge is 2.07. The summed E-state index contributed by atoms with van der Waals surface area (Å²) in [5.74, 6) is 0.950. The Balaban J connectivity index is 1.91. The lowest BCUT2D eigenvalue weighted by molar-refractivity contribution is 0.638. The second-order valence-electron chi connectivity index (χ2n) is 4.32. The third-order valence-corrected chi connectivity index (χ3v) is 2.70. The van der Waals surface area contributed by atoms with Crippen molar-refractivity contribution >= 4 is 5.95 Å². The fourth-order valence-corrected chi connectivity index (χ4v) is 1.76. The van der Waals surface area contributed by atoms with Crippen LogP contribution in [0.15, 0.2) is 24.5 Å². The Morgan fingerprint density at radius 2 is 2.17 bits per heavy atom. The molecule has 2 rings (SSSR count). The molecule has 0 saturated heterocycles. The van der Waals surface area contributed by atoms with Gasteiger partial charge in [-0.05, 0) is 12.1 Å². The Hall–Kier alpha value is -1.95. The fourth-order valence-electron chi connectivity index (χ4n) is 1.76. The Morgan fingerprint density at radius 3 is 2.78 bits per heavy atom. The summed E-state index contributed by atoms with van der Waals surface area (Å²) in [6, 6.07) is 3.84. The maximum absolute atomic E-state index is 4.36. The Morgan fingerprint density at radius 1 is 1.33 bits per heavy atom. The average molecular weight is 246 g/mol. The van der Waals surface area contributed by atoms with E-state index in [1.165, 1.54) is 0 Å². The quantitative estimate of drug-likeness (QED) is 0.835. The number of aromatic nitrogens is 4. The molecule has 0 aromatic carbocycles. The Bertz CT molecular complexity index is 491. The molecule has 0 aliphatic rings. The molecule has 0 radical (unpaired) electrons. The molecule has 0 fully saturated rings. The van der Waals surface area contributed by atoms with Crippen LogP contribution < -0.4 is 10.2 Å². The lowest BCUT2D eigenvalue weighted by Gasteiger charge is -2.12. The van der Waals surface area contributed by atoms with Gasteiger partial charge in [0.1, 0.15) is 0 Å². The van der Waals surface area contributed by atoms with Gasteiger partial charge < -0.3 is 14.8 Å². The van der Waals surface area contributed by atoms with Gasteiger partial charge in [0, 0.05) is 40.4 Å². The molecule has 0 unspecified atom stereocenters. The Labute approximate surface area is 107 Å². The fraction of sp³-hybridized carbons (Fsp3) is 0.417. The molecule has 2 aromatic rings. The van der Waals surface area contributed by atoms with Crippen molar-refractivity contribution in [1.82, 2.24) is 25.1 Å². The van der Waals surface area contributed by atoms with E-state index < -0.39 is 0 Å². The lowest BCUT2D eigenvalue weighted by Crippen LogP contribution is -2.18. The van der Waals surface area contributed by atoms with Crippen molar-refractivity contribution in [2.75, 3.05) is 19.0 Å². The summed E-state index contributed by atoms with van der Waals surface area (Å²) in [7, 11) is 5.99. The minimum absolute atomic E-state index is 0.705. The molecule has 0 amide bonds. The van der Waals surface area contributed by atoms with Crippen molar-refractivity contribution in [2.24, 2.45) is 7.05 Å². The molecule has 18 heavy (non-hydrogen) atoms. The van der Waals surface area contributed by atoms with Crippen LogP contribution in [0.3, 0.4) is 0 Å². The molecule has 0 saturated carbocycles. The summed E-state index contributed by atoms with van der Waals surface area (Å²) in [5, 5.41) is 11.2. The van der Waals surface area contributed by atoms with E-state index in [0.29, 0.717) is 6.54 Å². The summed E-state index contributed by atoms with van der Waals surface area (Å²) in [6.45, 7) is 1.46. The smallest absolute Gasteiger partial charge is 0.204 e. The minimum Gasteiger partial charge on any atom is -0.348 e. The number of imidazole rings is 1. The van der Waals surface area contributed by atoms with Crippen molar-refractivity contribution in [3.05, 3.63) is 35.9 Å². The van der Waals surface area contributed by atoms with Gasteiger partial charge in [0.05, 0.1) is 17.6 Å². The number of anilines is 1. The summed E-state index contributed by atoms with van der Waals surface area (Å²) < 4.78 is 2.07. The third-order valence-electron chi connectivity index (χ3n) is 2.70. The van der Waals surface area contributed by atoms with Crippen molar-refractivity contribution < 1.29 is 0 Å². The van der Waals surface area contributed by atoms with E-state index in [0.717, 1.165) is 23.9 Å². The van der Waals surface area contributed by atoms with Gasteiger partial charge in [-0.1, -0.05) is 0 Å². The van der Waals surface area contributed by atoms with E-state index in [2.05, 4.69) is 25.1 Å². The lowest BCUT2D eigenvalue weighted by atomic mass is 10.3. The molecule has 2 heterocycles. The van der Waals surface area contributed by atoms with Gasteiger partial charge in [-0.2, -0.15) is 10.2 Å². The predicted molar refractivity (Wildman–Crippen MR) is 70.1 cm³/mol. The summed E-state index contributed by atoms with van der Waals surface area (Å²) in [6.07, 6.45) is 3.56. The molecule has 0 aliphatic carbocycles. The standard InChI is InChI=1S/C12H18N6/c1-17(2)12-14-9-11(18(12)3)8-13-7-10-5-4-6-15-16-10/h4-6,9,13H,7-8H2,1-3H3. The average Bonchev–Trinajstić information content (AvgIpc) is 2.73. The zero-order valence-corrected chi connectivity index (χ0v) is 11.0. The van der Waals surface area contributed by atoms with E-state index in [4.69, 9.17) is 0 Å². The highest BCUT2D eigenvalue weighted by Crippen LogP contribution is 2.10. The monoisotopic (exact) mass is 246 g/mol. The van der Waals surface area contributed by atoms with Gasteiger partial charge in [-0.25, -0.2) is 4.98 Å². The molecule has 1 N–H and O–H groups in total. The van der Waals surface area contributed by atoms with Gasteiger partial charge in [0.2, 0.25) is 5.95 Å². The number of nitrogens with one attached hydrogen (secondary N) is 1. The van der Waals surface area contributed by atoms with E-state index in [-0.39, 0.29) is 0 Å². The molecule has 6 nitrogen and oxygen atoms in total. The SMILES string of the molecule is CN(C)c1ncc(CNCc2cccnn2)n1C. The topological polar surface area (TPSA) is 58.9 Å². The first-order valence-electron chi connectivity index (χ1n) is 5.83. The molecule has 0 atom stereocenters. The predicted octanol–water partition coefficient (Wildman–Crippen LogP) is 0.566. The van der Waals surface area contributed by atoms with Crippen LogP contribution in [-0.2, 0) is 20.1 Å². The van der Waals surface area contributed by atoms with Gasteiger partial charge >= 0.3 is 0 Å². The van der Waals surface area contributed by atoms with E-state index in [1.807, 2.05) is 44.4 Å². The number of nitrogens with zero attached hydrogens (tertiary/aromatic N) is 5. The van der Waals surface area contributed by atoms with Crippen molar-refractivity contribution in [3.63, 3.8) is 0 Å². The molecule has 2 aromatic heterocycles. The zero-order valence-electron chi connectivity index (χ0n) is 11.0. The molecule has 0 bridgehead atoms. The maximum Gasteiger partial charge on any atom is 0.204 e. The maximum atomic E-state index is 4.36. The van der Waals surface area contributed by atoms with Crippen LogP contribution in [0.1, 0.15) is 11.4 Å². The molecule has 0 spiro atoms. The van der Waals surface area contributed by atoms with Crippen LogP contribution in [-0.4, -0.2) is 33.8 Å². The van der Waals surface area contributed by atoms with Crippen LogP contribution in [0.25, 0.3) is 0 Å². The first kappa shape index (κ1) is 12.5. The van der Waals surface area contributed by atoms with Crippen LogP contribution in [0.5, 0.6) is 0 Å². The van der Waals surface area contributed by atoms with Gasteiger partial charge in [-0.3, -0.25) is 0 Å². The largest absolute Gasteiger partial charge is 0.348 e. The summed E-state index contributed by atoms with van der Waals surface area (Å²) >= 11 is 0. The normalized spacial score (nSPS) is 10.6.